The van der Waals surface area contributed by atoms with Gasteiger partial charge in [-0.3, -0.25) is 14.9 Å². The maximum absolute atomic E-state index is 13.6. The number of halogens is 1. The van der Waals surface area contributed by atoms with E-state index in [1.807, 2.05) is 45.8 Å². The fourth-order valence-electron chi connectivity index (χ4n) is 4.86. The fraction of sp³-hybridized carbons (Fsp3) is 0.259. The number of methoxy groups -OCH3 is 1. The molecule has 2 aromatic heterocycles. The zero-order chi connectivity index (χ0) is 25.9. The number of anilines is 1. The molecule has 1 atom stereocenters. The number of piperazine rings is 1. The monoisotopic (exact) mass is 519 g/mol. The van der Waals surface area contributed by atoms with Gasteiger partial charge in [-0.05, 0) is 30.3 Å². The van der Waals surface area contributed by atoms with Gasteiger partial charge in [0.05, 0.1) is 22.7 Å². The highest BCUT2D eigenvalue weighted by molar-refractivity contribution is 6.30. The number of rotatable bonds is 7. The topological polar surface area (TPSA) is 93.2 Å². The van der Waals surface area contributed by atoms with Gasteiger partial charge in [0.15, 0.2) is 0 Å². The van der Waals surface area contributed by atoms with Crippen LogP contribution in [-0.4, -0.2) is 58.4 Å². The minimum Gasteiger partial charge on any atom is -0.496 e. The van der Waals surface area contributed by atoms with E-state index in [4.69, 9.17) is 16.3 Å². The Hall–Kier alpha value is -4.11. The molecule has 4 aromatic rings. The van der Waals surface area contributed by atoms with Crippen LogP contribution in [-0.2, 0) is 4.79 Å². The molecule has 190 valence electrons. The average Bonchev–Trinajstić information content (AvgIpc) is 3.34. The van der Waals surface area contributed by atoms with Crippen molar-refractivity contribution in [3.63, 3.8) is 0 Å². The summed E-state index contributed by atoms with van der Waals surface area (Å²) in [6.07, 6.45) is 3.86. The van der Waals surface area contributed by atoms with Gasteiger partial charge in [-0.15, -0.1) is 0 Å². The number of para-hydroxylation sites is 1. The summed E-state index contributed by atoms with van der Waals surface area (Å²) in [6, 6.07) is 17.9. The first-order valence-electron chi connectivity index (χ1n) is 12.0. The van der Waals surface area contributed by atoms with Gasteiger partial charge < -0.3 is 18.9 Å². The summed E-state index contributed by atoms with van der Waals surface area (Å²) in [7, 11) is 1.63. The first-order chi connectivity index (χ1) is 17.9. The summed E-state index contributed by atoms with van der Waals surface area (Å²) in [5, 5.41) is 11.5. The minimum absolute atomic E-state index is 0.0382. The molecule has 1 aliphatic heterocycles. The van der Waals surface area contributed by atoms with Crippen LogP contribution in [0.3, 0.4) is 0 Å². The molecule has 37 heavy (non-hydrogen) atoms. The lowest BCUT2D eigenvalue weighted by molar-refractivity contribution is -0.384. The SMILES string of the molecule is COc1ccccc1C(CC(=O)N1CCN(c2ccc([N+](=O)[O-])cc2)CC1)c1cnc2ccc(Cl)cn12. The lowest BCUT2D eigenvalue weighted by Crippen LogP contribution is -2.49. The summed E-state index contributed by atoms with van der Waals surface area (Å²) in [5.74, 6) is 0.460. The molecular formula is C27H26ClN5O4. The third kappa shape index (κ3) is 5.08. The zero-order valence-electron chi connectivity index (χ0n) is 20.3. The number of hydrogen-bond donors (Lipinski definition) is 0. The van der Waals surface area contributed by atoms with Crippen LogP contribution in [0.4, 0.5) is 11.4 Å². The predicted octanol–water partition coefficient (Wildman–Crippen LogP) is 4.78. The van der Waals surface area contributed by atoms with E-state index >= 15 is 0 Å². The van der Waals surface area contributed by atoms with Crippen LogP contribution in [0.25, 0.3) is 5.65 Å². The highest BCUT2D eigenvalue weighted by Gasteiger charge is 2.29. The summed E-state index contributed by atoms with van der Waals surface area (Å²) >= 11 is 6.29. The highest BCUT2D eigenvalue weighted by atomic mass is 35.5. The molecule has 0 spiro atoms. The lowest BCUT2D eigenvalue weighted by Gasteiger charge is -2.36. The number of carbonyl (C=O) groups excluding carboxylic acids is 1. The van der Waals surface area contributed by atoms with Crippen LogP contribution < -0.4 is 9.64 Å². The number of nitro benzene ring substituents is 1. The number of imidazole rings is 1. The molecule has 0 saturated carbocycles. The Morgan fingerprint density at radius 2 is 1.81 bits per heavy atom. The molecule has 5 rings (SSSR count). The standard InChI is InChI=1S/C27H26ClN5O4/c1-37-25-5-3-2-4-22(25)23(24-17-29-26-11-6-19(28)18-32(24)26)16-27(34)31-14-12-30(13-15-31)20-7-9-21(10-8-20)33(35)36/h2-11,17-18,23H,12-16H2,1H3. The zero-order valence-corrected chi connectivity index (χ0v) is 21.0. The maximum atomic E-state index is 13.6. The van der Waals surface area contributed by atoms with Gasteiger partial charge in [-0.2, -0.15) is 0 Å². The molecule has 0 N–H and O–H groups in total. The summed E-state index contributed by atoms with van der Waals surface area (Å²) in [5.41, 5.74) is 3.49. The number of carbonyl (C=O) groups is 1. The second-order valence-electron chi connectivity index (χ2n) is 8.90. The van der Waals surface area contributed by atoms with Crippen LogP contribution in [0.1, 0.15) is 23.6 Å². The van der Waals surface area contributed by atoms with Crippen molar-refractivity contribution < 1.29 is 14.5 Å². The van der Waals surface area contributed by atoms with Crippen molar-refractivity contribution in [2.24, 2.45) is 0 Å². The Morgan fingerprint density at radius 1 is 1.08 bits per heavy atom. The number of ether oxygens (including phenoxy) is 1. The number of non-ortho nitro benzene ring substituents is 1. The molecule has 1 saturated heterocycles. The molecule has 1 unspecified atom stereocenters. The lowest BCUT2D eigenvalue weighted by atomic mass is 9.91. The molecule has 0 radical (unpaired) electrons. The smallest absolute Gasteiger partial charge is 0.269 e. The molecule has 0 bridgehead atoms. The summed E-state index contributed by atoms with van der Waals surface area (Å²) < 4.78 is 7.57. The van der Waals surface area contributed by atoms with Crippen molar-refractivity contribution >= 4 is 34.5 Å². The molecule has 10 heteroatoms. The number of hydrogen-bond acceptors (Lipinski definition) is 6. The molecule has 9 nitrogen and oxygen atoms in total. The molecule has 1 fully saturated rings. The van der Waals surface area contributed by atoms with Gasteiger partial charge in [0, 0.05) is 74.3 Å². The van der Waals surface area contributed by atoms with E-state index < -0.39 is 4.92 Å². The van der Waals surface area contributed by atoms with E-state index in [0.29, 0.717) is 37.0 Å². The Bertz CT molecular complexity index is 1430. The number of pyridine rings is 1. The van der Waals surface area contributed by atoms with Gasteiger partial charge in [-0.1, -0.05) is 29.8 Å². The Balaban J connectivity index is 1.36. The van der Waals surface area contributed by atoms with Crippen LogP contribution in [0, 0.1) is 10.1 Å². The van der Waals surface area contributed by atoms with Crippen molar-refractivity contribution in [3.05, 3.63) is 99.5 Å². The van der Waals surface area contributed by atoms with Crippen molar-refractivity contribution in [3.8, 4) is 5.75 Å². The second kappa shape index (κ2) is 10.5. The van der Waals surface area contributed by atoms with Gasteiger partial charge in [0.2, 0.25) is 5.91 Å². The van der Waals surface area contributed by atoms with E-state index in [1.54, 1.807) is 31.5 Å². The third-order valence-corrected chi connectivity index (χ3v) is 7.03. The van der Waals surface area contributed by atoms with Crippen molar-refractivity contribution in [1.82, 2.24) is 14.3 Å². The van der Waals surface area contributed by atoms with Gasteiger partial charge >= 0.3 is 0 Å². The number of nitro groups is 1. The molecule has 3 heterocycles. The molecular weight excluding hydrogens is 494 g/mol. The highest BCUT2D eigenvalue weighted by Crippen LogP contribution is 2.35. The Kier molecular flexibility index (Phi) is 6.96. The molecule has 1 amide bonds. The van der Waals surface area contributed by atoms with E-state index in [9.17, 15) is 14.9 Å². The maximum Gasteiger partial charge on any atom is 0.269 e. The molecule has 0 aliphatic carbocycles. The van der Waals surface area contributed by atoms with E-state index in [2.05, 4.69) is 9.88 Å². The van der Waals surface area contributed by atoms with Crippen molar-refractivity contribution in [2.45, 2.75) is 12.3 Å². The number of nitrogens with zero attached hydrogens (tertiary/aromatic N) is 5. The van der Waals surface area contributed by atoms with E-state index in [-0.39, 0.29) is 23.9 Å². The minimum atomic E-state index is -0.407. The van der Waals surface area contributed by atoms with Crippen LogP contribution in [0.5, 0.6) is 5.75 Å². The molecule has 1 aliphatic rings. The Labute approximate surface area is 219 Å². The molecule has 2 aromatic carbocycles. The first kappa shape index (κ1) is 24.6. The normalized spacial score (nSPS) is 14.5. The van der Waals surface area contributed by atoms with Crippen molar-refractivity contribution in [1.29, 1.82) is 0 Å². The van der Waals surface area contributed by atoms with Gasteiger partial charge in [0.1, 0.15) is 11.4 Å². The third-order valence-electron chi connectivity index (χ3n) is 6.81. The van der Waals surface area contributed by atoms with Gasteiger partial charge in [0.25, 0.3) is 5.69 Å². The summed E-state index contributed by atoms with van der Waals surface area (Å²) in [6.45, 7) is 2.42. The average molecular weight is 520 g/mol. The van der Waals surface area contributed by atoms with Crippen molar-refractivity contribution in [2.75, 3.05) is 38.2 Å². The van der Waals surface area contributed by atoms with E-state index in [1.165, 1.54) is 12.1 Å². The number of fused-ring (bicyclic) bond motifs is 1. The number of benzene rings is 2. The second-order valence-corrected chi connectivity index (χ2v) is 9.34. The van der Waals surface area contributed by atoms with Crippen LogP contribution >= 0.6 is 11.6 Å². The van der Waals surface area contributed by atoms with Crippen LogP contribution in [0.15, 0.2) is 73.1 Å². The Morgan fingerprint density at radius 3 is 2.51 bits per heavy atom. The largest absolute Gasteiger partial charge is 0.496 e. The summed E-state index contributed by atoms with van der Waals surface area (Å²) in [4.78, 5) is 32.7. The number of aromatic nitrogens is 2. The van der Waals surface area contributed by atoms with E-state index in [0.717, 1.165) is 22.6 Å². The predicted molar refractivity (Wildman–Crippen MR) is 142 cm³/mol. The fourth-order valence-corrected chi connectivity index (χ4v) is 5.02. The first-order valence-corrected chi connectivity index (χ1v) is 12.3. The quantitative estimate of drug-likeness (QED) is 0.258. The van der Waals surface area contributed by atoms with Crippen LogP contribution in [0.2, 0.25) is 5.02 Å². The number of amides is 1. The van der Waals surface area contributed by atoms with Gasteiger partial charge in [-0.25, -0.2) is 4.98 Å².